The first-order chi connectivity index (χ1) is 7.81. The van der Waals surface area contributed by atoms with Crippen molar-refractivity contribution in [2.24, 2.45) is 0 Å². The Labute approximate surface area is 109 Å². The first-order valence-electron chi connectivity index (χ1n) is 5.60. The standard InChI is InChI=1S/C15H17N.ClH/c1-12-8-10-14(11-9-12)15(16-2)13-6-4-3-5-7-13;/h3-11,15-16H,1-2H3;1H. The van der Waals surface area contributed by atoms with Gasteiger partial charge in [-0.05, 0) is 25.1 Å². The van der Waals surface area contributed by atoms with Crippen molar-refractivity contribution in [2.45, 2.75) is 13.0 Å². The number of halogens is 1. The molecule has 0 saturated heterocycles. The van der Waals surface area contributed by atoms with Crippen LogP contribution in [0, 0.1) is 6.92 Å². The molecule has 0 saturated carbocycles. The average Bonchev–Trinajstić information content (AvgIpc) is 2.34. The molecule has 1 N–H and O–H groups in total. The van der Waals surface area contributed by atoms with Gasteiger partial charge in [0.1, 0.15) is 0 Å². The molecule has 0 heterocycles. The van der Waals surface area contributed by atoms with E-state index in [1.165, 1.54) is 16.7 Å². The molecule has 90 valence electrons. The molecule has 2 aromatic rings. The first kappa shape index (κ1) is 13.8. The van der Waals surface area contributed by atoms with E-state index in [-0.39, 0.29) is 18.4 Å². The first-order valence-corrected chi connectivity index (χ1v) is 5.60. The van der Waals surface area contributed by atoms with Crippen LogP contribution < -0.4 is 5.32 Å². The van der Waals surface area contributed by atoms with Gasteiger partial charge in [0.05, 0.1) is 6.04 Å². The van der Waals surface area contributed by atoms with Crippen LogP contribution in [-0.2, 0) is 0 Å². The van der Waals surface area contributed by atoms with Crippen LogP contribution in [-0.4, -0.2) is 7.05 Å². The largest absolute Gasteiger partial charge is 0.309 e. The van der Waals surface area contributed by atoms with Crippen LogP contribution in [0.4, 0.5) is 0 Å². The van der Waals surface area contributed by atoms with E-state index in [0.29, 0.717) is 0 Å². The van der Waals surface area contributed by atoms with Gasteiger partial charge in [-0.25, -0.2) is 0 Å². The van der Waals surface area contributed by atoms with Gasteiger partial charge in [-0.2, -0.15) is 0 Å². The molecule has 0 fully saturated rings. The summed E-state index contributed by atoms with van der Waals surface area (Å²) in [5, 5.41) is 3.35. The number of hydrogen-bond acceptors (Lipinski definition) is 1. The Kier molecular flexibility index (Phi) is 5.20. The summed E-state index contributed by atoms with van der Waals surface area (Å²) < 4.78 is 0. The Morgan fingerprint density at radius 3 is 1.88 bits per heavy atom. The Balaban J connectivity index is 0.00000144. The summed E-state index contributed by atoms with van der Waals surface area (Å²) in [4.78, 5) is 0. The van der Waals surface area contributed by atoms with Gasteiger partial charge in [-0.15, -0.1) is 12.4 Å². The van der Waals surface area contributed by atoms with Crippen molar-refractivity contribution in [1.82, 2.24) is 5.32 Å². The number of benzene rings is 2. The average molecular weight is 248 g/mol. The van der Waals surface area contributed by atoms with Crippen LogP contribution in [0.2, 0.25) is 0 Å². The van der Waals surface area contributed by atoms with Gasteiger partial charge in [0.2, 0.25) is 0 Å². The van der Waals surface area contributed by atoms with Gasteiger partial charge < -0.3 is 5.32 Å². The highest BCUT2D eigenvalue weighted by atomic mass is 35.5. The normalized spacial score (nSPS) is 11.6. The molecule has 0 aromatic heterocycles. The van der Waals surface area contributed by atoms with Gasteiger partial charge in [-0.3, -0.25) is 0 Å². The third kappa shape index (κ3) is 3.32. The zero-order chi connectivity index (χ0) is 11.4. The lowest BCUT2D eigenvalue weighted by atomic mass is 9.98. The fourth-order valence-electron chi connectivity index (χ4n) is 1.93. The number of rotatable bonds is 3. The minimum Gasteiger partial charge on any atom is -0.309 e. The molecule has 1 nitrogen and oxygen atoms in total. The Morgan fingerprint density at radius 2 is 1.35 bits per heavy atom. The van der Waals surface area contributed by atoms with Gasteiger partial charge in [0.15, 0.2) is 0 Å². The van der Waals surface area contributed by atoms with Crippen LogP contribution in [0.5, 0.6) is 0 Å². The minimum atomic E-state index is 0. The van der Waals surface area contributed by atoms with Crippen molar-refractivity contribution in [3.05, 3.63) is 71.3 Å². The summed E-state index contributed by atoms with van der Waals surface area (Å²) in [6.45, 7) is 2.11. The quantitative estimate of drug-likeness (QED) is 0.872. The predicted molar refractivity (Wildman–Crippen MR) is 75.8 cm³/mol. The summed E-state index contributed by atoms with van der Waals surface area (Å²) in [5.74, 6) is 0. The molecule has 2 rings (SSSR count). The lowest BCUT2D eigenvalue weighted by Crippen LogP contribution is -2.17. The molecular weight excluding hydrogens is 230 g/mol. The van der Waals surface area contributed by atoms with E-state index >= 15 is 0 Å². The van der Waals surface area contributed by atoms with Gasteiger partial charge in [0.25, 0.3) is 0 Å². The number of aryl methyl sites for hydroxylation is 1. The van der Waals surface area contributed by atoms with E-state index in [1.807, 2.05) is 13.1 Å². The van der Waals surface area contributed by atoms with Gasteiger partial charge in [-0.1, -0.05) is 60.2 Å². The zero-order valence-electron chi connectivity index (χ0n) is 10.2. The maximum Gasteiger partial charge on any atom is 0.0574 e. The highest BCUT2D eigenvalue weighted by Crippen LogP contribution is 2.21. The molecule has 0 spiro atoms. The second-order valence-corrected chi connectivity index (χ2v) is 4.04. The Hall–Kier alpha value is -1.31. The molecule has 17 heavy (non-hydrogen) atoms. The maximum absolute atomic E-state index is 3.35. The van der Waals surface area contributed by atoms with Crippen molar-refractivity contribution in [1.29, 1.82) is 0 Å². The Morgan fingerprint density at radius 1 is 0.824 bits per heavy atom. The molecule has 0 aliphatic carbocycles. The zero-order valence-corrected chi connectivity index (χ0v) is 11.0. The van der Waals surface area contributed by atoms with E-state index in [1.54, 1.807) is 0 Å². The number of hydrogen-bond donors (Lipinski definition) is 1. The second-order valence-electron chi connectivity index (χ2n) is 4.04. The monoisotopic (exact) mass is 247 g/mol. The highest BCUT2D eigenvalue weighted by Gasteiger charge is 2.10. The molecule has 0 radical (unpaired) electrons. The molecule has 0 amide bonds. The van der Waals surface area contributed by atoms with Crippen molar-refractivity contribution in [3.8, 4) is 0 Å². The van der Waals surface area contributed by atoms with E-state index in [4.69, 9.17) is 0 Å². The molecule has 0 aliphatic heterocycles. The maximum atomic E-state index is 3.35. The second kappa shape index (κ2) is 6.43. The molecule has 1 unspecified atom stereocenters. The topological polar surface area (TPSA) is 12.0 Å². The minimum absolute atomic E-state index is 0. The van der Waals surface area contributed by atoms with E-state index < -0.39 is 0 Å². The summed E-state index contributed by atoms with van der Waals surface area (Å²) in [5.41, 5.74) is 3.90. The van der Waals surface area contributed by atoms with Gasteiger partial charge >= 0.3 is 0 Å². The summed E-state index contributed by atoms with van der Waals surface area (Å²) in [6.07, 6.45) is 0. The number of nitrogens with one attached hydrogen (secondary N) is 1. The van der Waals surface area contributed by atoms with Crippen LogP contribution >= 0.6 is 12.4 Å². The van der Waals surface area contributed by atoms with Crippen LogP contribution in [0.15, 0.2) is 54.6 Å². The van der Waals surface area contributed by atoms with Crippen LogP contribution in [0.3, 0.4) is 0 Å². The van der Waals surface area contributed by atoms with Gasteiger partial charge in [0, 0.05) is 0 Å². The molecular formula is C15H18ClN. The Bertz CT molecular complexity index is 436. The molecule has 0 bridgehead atoms. The van der Waals surface area contributed by atoms with Crippen LogP contribution in [0.1, 0.15) is 22.7 Å². The van der Waals surface area contributed by atoms with Crippen molar-refractivity contribution in [2.75, 3.05) is 7.05 Å². The third-order valence-electron chi connectivity index (χ3n) is 2.83. The predicted octanol–water partition coefficient (Wildman–Crippen LogP) is 3.73. The summed E-state index contributed by atoms with van der Waals surface area (Å²) >= 11 is 0. The molecule has 2 heteroatoms. The van der Waals surface area contributed by atoms with Crippen molar-refractivity contribution in [3.63, 3.8) is 0 Å². The lowest BCUT2D eigenvalue weighted by Gasteiger charge is -2.17. The smallest absolute Gasteiger partial charge is 0.0574 e. The summed E-state index contributed by atoms with van der Waals surface area (Å²) in [6, 6.07) is 19.5. The van der Waals surface area contributed by atoms with Crippen LogP contribution in [0.25, 0.3) is 0 Å². The highest BCUT2D eigenvalue weighted by molar-refractivity contribution is 5.85. The van der Waals surface area contributed by atoms with E-state index in [0.717, 1.165) is 0 Å². The van der Waals surface area contributed by atoms with Crippen molar-refractivity contribution >= 4 is 12.4 Å². The van der Waals surface area contributed by atoms with Crippen molar-refractivity contribution < 1.29 is 0 Å². The molecule has 1 atom stereocenters. The molecule has 0 aliphatic rings. The third-order valence-corrected chi connectivity index (χ3v) is 2.83. The fourth-order valence-corrected chi connectivity index (χ4v) is 1.93. The molecule has 2 aromatic carbocycles. The SMILES string of the molecule is CNC(c1ccccc1)c1ccc(C)cc1.Cl. The van der Waals surface area contributed by atoms with E-state index in [9.17, 15) is 0 Å². The summed E-state index contributed by atoms with van der Waals surface area (Å²) in [7, 11) is 2.00. The fraction of sp³-hybridized carbons (Fsp3) is 0.200. The lowest BCUT2D eigenvalue weighted by molar-refractivity contribution is 0.692. The van der Waals surface area contributed by atoms with E-state index in [2.05, 4.69) is 60.8 Å².